The van der Waals surface area contributed by atoms with Crippen LogP contribution in [0.1, 0.15) is 24.5 Å². The maximum Gasteiger partial charge on any atom is 0.152 e. The number of halogens is 1. The van der Waals surface area contributed by atoms with Gasteiger partial charge in [-0.1, -0.05) is 0 Å². The summed E-state index contributed by atoms with van der Waals surface area (Å²) in [6.07, 6.45) is 3.28. The summed E-state index contributed by atoms with van der Waals surface area (Å²) < 4.78 is 20.9. The molecule has 0 aliphatic carbocycles. The van der Waals surface area contributed by atoms with E-state index in [1.54, 1.807) is 19.2 Å². The molecule has 5 nitrogen and oxygen atoms in total. The minimum atomic E-state index is -0.302. The Morgan fingerprint density at radius 2 is 2.25 bits per heavy atom. The van der Waals surface area contributed by atoms with Crippen molar-refractivity contribution in [3.05, 3.63) is 35.7 Å². The van der Waals surface area contributed by atoms with Crippen molar-refractivity contribution < 1.29 is 9.13 Å². The summed E-state index contributed by atoms with van der Waals surface area (Å²) in [5.74, 6) is 2.20. The highest BCUT2D eigenvalue weighted by molar-refractivity contribution is 5.49. The van der Waals surface area contributed by atoms with Gasteiger partial charge in [0.2, 0.25) is 0 Å². The number of nitrogens with zero attached hydrogens (tertiary/aromatic N) is 3. The average molecular weight is 276 g/mol. The summed E-state index contributed by atoms with van der Waals surface area (Å²) >= 11 is 0. The molecule has 1 N–H and O–H groups in total. The Bertz CT molecular complexity index is 611. The maximum absolute atomic E-state index is 13.7. The Labute approximate surface area is 116 Å². The van der Waals surface area contributed by atoms with Gasteiger partial charge in [-0.25, -0.2) is 4.39 Å². The van der Waals surface area contributed by atoms with Crippen LogP contribution in [-0.4, -0.2) is 21.9 Å². The molecule has 0 amide bonds. The minimum Gasteiger partial charge on any atom is -0.497 e. The van der Waals surface area contributed by atoms with E-state index in [0.29, 0.717) is 18.0 Å². The number of methoxy groups -OCH3 is 1. The third kappa shape index (κ3) is 2.45. The van der Waals surface area contributed by atoms with E-state index in [2.05, 4.69) is 20.1 Å². The van der Waals surface area contributed by atoms with E-state index in [9.17, 15) is 4.39 Å². The topological polar surface area (TPSA) is 52.0 Å². The highest BCUT2D eigenvalue weighted by Crippen LogP contribution is 2.22. The van der Waals surface area contributed by atoms with E-state index in [1.165, 1.54) is 6.07 Å². The summed E-state index contributed by atoms with van der Waals surface area (Å²) in [7, 11) is 1.56. The van der Waals surface area contributed by atoms with Crippen molar-refractivity contribution in [1.29, 1.82) is 0 Å². The standard InChI is InChI=1S/C14H17FN4O/c1-20-10-5-6-11(15)12(8-10)16-9-14-18-17-13-4-2-3-7-19(13)14/h5-6,8,16H,2-4,7,9H2,1H3. The lowest BCUT2D eigenvalue weighted by Gasteiger charge is -2.15. The molecule has 1 aliphatic rings. The Morgan fingerprint density at radius 3 is 3.10 bits per heavy atom. The fraction of sp³-hybridized carbons (Fsp3) is 0.429. The summed E-state index contributed by atoms with van der Waals surface area (Å²) in [4.78, 5) is 0. The van der Waals surface area contributed by atoms with Gasteiger partial charge in [0.05, 0.1) is 19.3 Å². The van der Waals surface area contributed by atoms with Crippen LogP contribution in [0, 0.1) is 5.82 Å². The van der Waals surface area contributed by atoms with Crippen LogP contribution < -0.4 is 10.1 Å². The van der Waals surface area contributed by atoms with Crippen LogP contribution in [0.25, 0.3) is 0 Å². The minimum absolute atomic E-state index is 0.302. The van der Waals surface area contributed by atoms with E-state index in [1.807, 2.05) is 0 Å². The molecule has 20 heavy (non-hydrogen) atoms. The van der Waals surface area contributed by atoms with Crippen LogP contribution >= 0.6 is 0 Å². The summed E-state index contributed by atoms with van der Waals surface area (Å²) in [5.41, 5.74) is 0.414. The quantitative estimate of drug-likeness (QED) is 0.931. The molecular weight excluding hydrogens is 259 g/mol. The average Bonchev–Trinajstić information content (AvgIpc) is 2.90. The van der Waals surface area contributed by atoms with E-state index in [0.717, 1.165) is 37.5 Å². The molecule has 0 atom stereocenters. The SMILES string of the molecule is COc1ccc(F)c(NCc2nnc3n2CCCC3)c1. The smallest absolute Gasteiger partial charge is 0.152 e. The molecule has 0 radical (unpaired) electrons. The monoisotopic (exact) mass is 276 g/mol. The molecule has 1 aromatic heterocycles. The van der Waals surface area contributed by atoms with E-state index in [-0.39, 0.29) is 5.82 Å². The first-order valence-corrected chi connectivity index (χ1v) is 6.76. The van der Waals surface area contributed by atoms with Crippen LogP contribution in [0.15, 0.2) is 18.2 Å². The van der Waals surface area contributed by atoms with Crippen molar-refractivity contribution >= 4 is 5.69 Å². The second kappa shape index (κ2) is 5.48. The van der Waals surface area contributed by atoms with Crippen molar-refractivity contribution in [1.82, 2.24) is 14.8 Å². The fourth-order valence-corrected chi connectivity index (χ4v) is 2.44. The molecule has 2 heterocycles. The van der Waals surface area contributed by atoms with Crippen molar-refractivity contribution in [3.8, 4) is 5.75 Å². The molecule has 0 saturated heterocycles. The maximum atomic E-state index is 13.7. The molecule has 0 saturated carbocycles. The van der Waals surface area contributed by atoms with Crippen molar-refractivity contribution in [3.63, 3.8) is 0 Å². The second-order valence-corrected chi connectivity index (χ2v) is 4.84. The number of nitrogens with one attached hydrogen (secondary N) is 1. The number of rotatable bonds is 4. The molecule has 106 valence electrons. The van der Waals surface area contributed by atoms with Gasteiger partial charge in [-0.3, -0.25) is 0 Å². The largest absolute Gasteiger partial charge is 0.497 e. The zero-order valence-corrected chi connectivity index (χ0v) is 11.4. The lowest BCUT2D eigenvalue weighted by atomic mass is 10.2. The number of aryl methyl sites for hydroxylation is 1. The van der Waals surface area contributed by atoms with Gasteiger partial charge in [0, 0.05) is 19.0 Å². The van der Waals surface area contributed by atoms with Gasteiger partial charge >= 0.3 is 0 Å². The summed E-state index contributed by atoms with van der Waals surface area (Å²) in [6, 6.07) is 4.63. The van der Waals surface area contributed by atoms with Crippen LogP contribution in [0.4, 0.5) is 10.1 Å². The molecule has 1 aliphatic heterocycles. The number of aromatic nitrogens is 3. The van der Waals surface area contributed by atoms with E-state index >= 15 is 0 Å². The summed E-state index contributed by atoms with van der Waals surface area (Å²) in [5, 5.41) is 11.4. The highest BCUT2D eigenvalue weighted by atomic mass is 19.1. The highest BCUT2D eigenvalue weighted by Gasteiger charge is 2.15. The number of hydrogen-bond donors (Lipinski definition) is 1. The Hall–Kier alpha value is -2.11. The molecule has 0 unspecified atom stereocenters. The predicted octanol–water partition coefficient (Wildman–Crippen LogP) is 2.37. The number of benzene rings is 1. The molecule has 2 aromatic rings. The second-order valence-electron chi connectivity index (χ2n) is 4.84. The van der Waals surface area contributed by atoms with Crippen molar-refractivity contribution in [2.24, 2.45) is 0 Å². The van der Waals surface area contributed by atoms with E-state index < -0.39 is 0 Å². The van der Waals surface area contributed by atoms with Crippen molar-refractivity contribution in [2.75, 3.05) is 12.4 Å². The first-order valence-electron chi connectivity index (χ1n) is 6.76. The van der Waals surface area contributed by atoms with Crippen LogP contribution in [-0.2, 0) is 19.5 Å². The summed E-state index contributed by atoms with van der Waals surface area (Å²) in [6.45, 7) is 1.40. The van der Waals surface area contributed by atoms with Gasteiger partial charge in [-0.05, 0) is 25.0 Å². The van der Waals surface area contributed by atoms with Crippen LogP contribution in [0.3, 0.4) is 0 Å². The third-order valence-electron chi connectivity index (χ3n) is 3.55. The van der Waals surface area contributed by atoms with Gasteiger partial charge in [0.1, 0.15) is 17.4 Å². The van der Waals surface area contributed by atoms with Gasteiger partial charge < -0.3 is 14.6 Å². The number of hydrogen-bond acceptors (Lipinski definition) is 4. The zero-order chi connectivity index (χ0) is 13.9. The third-order valence-corrected chi connectivity index (χ3v) is 3.55. The lowest BCUT2D eigenvalue weighted by molar-refractivity contribution is 0.414. The first-order chi connectivity index (χ1) is 9.78. The lowest BCUT2D eigenvalue weighted by Crippen LogP contribution is -2.15. The van der Waals surface area contributed by atoms with Gasteiger partial charge in [0.15, 0.2) is 5.82 Å². The molecule has 1 aromatic carbocycles. The molecule has 0 bridgehead atoms. The molecule has 0 spiro atoms. The normalized spacial score (nSPS) is 13.9. The van der Waals surface area contributed by atoms with Crippen LogP contribution in [0.2, 0.25) is 0 Å². The van der Waals surface area contributed by atoms with Crippen molar-refractivity contribution in [2.45, 2.75) is 32.4 Å². The number of fused-ring (bicyclic) bond motifs is 1. The Balaban J connectivity index is 1.75. The van der Waals surface area contributed by atoms with Gasteiger partial charge in [0.25, 0.3) is 0 Å². The Kier molecular flexibility index (Phi) is 3.54. The van der Waals surface area contributed by atoms with Gasteiger partial charge in [-0.2, -0.15) is 0 Å². The molecular formula is C14H17FN4O. The fourth-order valence-electron chi connectivity index (χ4n) is 2.44. The molecule has 0 fully saturated rings. The van der Waals surface area contributed by atoms with Crippen LogP contribution in [0.5, 0.6) is 5.75 Å². The first kappa shape index (κ1) is 12.9. The molecule has 6 heteroatoms. The zero-order valence-electron chi connectivity index (χ0n) is 11.4. The Morgan fingerprint density at radius 1 is 1.35 bits per heavy atom. The van der Waals surface area contributed by atoms with E-state index in [4.69, 9.17) is 4.74 Å². The number of anilines is 1. The number of ether oxygens (including phenoxy) is 1. The predicted molar refractivity (Wildman–Crippen MR) is 73.2 cm³/mol. The van der Waals surface area contributed by atoms with Gasteiger partial charge in [-0.15, -0.1) is 10.2 Å². The molecule has 3 rings (SSSR count).